The predicted octanol–water partition coefficient (Wildman–Crippen LogP) is 2.17. The van der Waals surface area contributed by atoms with Crippen molar-refractivity contribution in [2.45, 2.75) is 31.7 Å². The number of hydrogen-bond donors (Lipinski definition) is 1. The molecule has 110 valence electrons. The molecule has 21 heavy (non-hydrogen) atoms. The Balaban J connectivity index is 1.50. The molecule has 1 aromatic carbocycles. The Kier molecular flexibility index (Phi) is 4.14. The lowest BCUT2D eigenvalue weighted by Gasteiger charge is -2.12. The lowest BCUT2D eigenvalue weighted by atomic mass is 10.2. The van der Waals surface area contributed by atoms with E-state index in [-0.39, 0.29) is 12.5 Å². The third kappa shape index (κ3) is 3.59. The van der Waals surface area contributed by atoms with Crippen LogP contribution in [-0.4, -0.2) is 28.8 Å². The van der Waals surface area contributed by atoms with Gasteiger partial charge in [0.1, 0.15) is 5.75 Å². The van der Waals surface area contributed by atoms with Gasteiger partial charge >= 0.3 is 0 Å². The van der Waals surface area contributed by atoms with Crippen LogP contribution in [0.4, 0.5) is 0 Å². The van der Waals surface area contributed by atoms with Gasteiger partial charge in [0.25, 0.3) is 5.91 Å². The zero-order valence-corrected chi connectivity index (χ0v) is 11.6. The van der Waals surface area contributed by atoms with Crippen LogP contribution in [0.2, 0.25) is 0 Å². The lowest BCUT2D eigenvalue weighted by molar-refractivity contribution is -0.123. The molecule has 3 rings (SSSR count). The molecular formula is C15H17N3O3. The molecule has 1 aromatic heterocycles. The smallest absolute Gasteiger partial charge is 0.258 e. The number of ether oxygens (including phenoxy) is 1. The average Bonchev–Trinajstić information content (AvgIpc) is 3.19. The van der Waals surface area contributed by atoms with Gasteiger partial charge in [0.15, 0.2) is 6.61 Å². The molecule has 0 unspecified atom stereocenters. The number of carbonyl (C=O) groups is 1. The van der Waals surface area contributed by atoms with Crippen LogP contribution in [0.25, 0.3) is 11.5 Å². The van der Waals surface area contributed by atoms with Gasteiger partial charge in [-0.25, -0.2) is 0 Å². The summed E-state index contributed by atoms with van der Waals surface area (Å²) >= 11 is 0. The van der Waals surface area contributed by atoms with Crippen molar-refractivity contribution in [1.29, 1.82) is 0 Å². The quantitative estimate of drug-likeness (QED) is 0.912. The lowest BCUT2D eigenvalue weighted by Crippen LogP contribution is -2.36. The Hall–Kier alpha value is -2.37. The molecule has 1 saturated carbocycles. The van der Waals surface area contributed by atoms with Crippen molar-refractivity contribution in [2.24, 2.45) is 0 Å². The summed E-state index contributed by atoms with van der Waals surface area (Å²) in [6, 6.07) is 7.52. The second-order valence-corrected chi connectivity index (χ2v) is 5.11. The van der Waals surface area contributed by atoms with Gasteiger partial charge in [-0.1, -0.05) is 12.8 Å². The van der Waals surface area contributed by atoms with Crippen LogP contribution in [0.1, 0.15) is 25.7 Å². The Morgan fingerprint density at radius 2 is 2.05 bits per heavy atom. The Bertz CT molecular complexity index is 575. The third-order valence-corrected chi connectivity index (χ3v) is 3.55. The zero-order valence-electron chi connectivity index (χ0n) is 11.6. The molecule has 6 nitrogen and oxygen atoms in total. The van der Waals surface area contributed by atoms with Crippen molar-refractivity contribution in [3.63, 3.8) is 0 Å². The number of nitrogens with one attached hydrogen (secondary N) is 1. The normalized spacial score (nSPS) is 15.0. The van der Waals surface area contributed by atoms with Gasteiger partial charge in [-0.2, -0.15) is 0 Å². The summed E-state index contributed by atoms with van der Waals surface area (Å²) < 4.78 is 10.6. The van der Waals surface area contributed by atoms with Crippen LogP contribution in [0.15, 0.2) is 35.1 Å². The molecule has 0 bridgehead atoms. The molecule has 2 aromatic rings. The number of carbonyl (C=O) groups excluding carboxylic acids is 1. The first kappa shape index (κ1) is 13.6. The number of rotatable bonds is 5. The van der Waals surface area contributed by atoms with E-state index in [4.69, 9.17) is 9.15 Å². The molecule has 6 heteroatoms. The average molecular weight is 287 g/mol. The number of amides is 1. The molecule has 0 saturated heterocycles. The summed E-state index contributed by atoms with van der Waals surface area (Å²) in [6.45, 7) is 0.0381. The van der Waals surface area contributed by atoms with E-state index in [0.29, 0.717) is 17.7 Å². The van der Waals surface area contributed by atoms with Gasteiger partial charge in [0.2, 0.25) is 12.3 Å². The highest BCUT2D eigenvalue weighted by Gasteiger charge is 2.17. The Labute approximate surface area is 122 Å². The Morgan fingerprint density at radius 3 is 2.71 bits per heavy atom. The minimum absolute atomic E-state index is 0.0381. The van der Waals surface area contributed by atoms with E-state index >= 15 is 0 Å². The molecule has 0 aliphatic heterocycles. The number of nitrogens with zero attached hydrogens (tertiary/aromatic N) is 2. The first-order valence-electron chi connectivity index (χ1n) is 7.10. The summed E-state index contributed by atoms with van der Waals surface area (Å²) in [7, 11) is 0. The molecule has 1 aliphatic rings. The molecule has 1 N–H and O–H groups in total. The first-order valence-corrected chi connectivity index (χ1v) is 7.10. The van der Waals surface area contributed by atoms with Gasteiger partial charge in [-0.3, -0.25) is 4.79 Å². The predicted molar refractivity (Wildman–Crippen MR) is 75.6 cm³/mol. The van der Waals surface area contributed by atoms with Crippen LogP contribution < -0.4 is 10.1 Å². The molecule has 1 fully saturated rings. The van der Waals surface area contributed by atoms with E-state index in [1.165, 1.54) is 19.2 Å². The van der Waals surface area contributed by atoms with Crippen molar-refractivity contribution in [3.05, 3.63) is 30.7 Å². The summed E-state index contributed by atoms with van der Waals surface area (Å²) in [5.41, 5.74) is 0.815. The second kappa shape index (κ2) is 6.39. The van der Waals surface area contributed by atoms with E-state index in [1.807, 2.05) is 12.1 Å². The van der Waals surface area contributed by atoms with Gasteiger partial charge in [0.05, 0.1) is 0 Å². The minimum atomic E-state index is -0.0668. The highest BCUT2D eigenvalue weighted by atomic mass is 16.5. The van der Waals surface area contributed by atoms with Crippen molar-refractivity contribution in [2.75, 3.05) is 6.61 Å². The molecule has 0 atom stereocenters. The van der Waals surface area contributed by atoms with Crippen LogP contribution in [0, 0.1) is 0 Å². The fraction of sp³-hybridized carbons (Fsp3) is 0.400. The van der Waals surface area contributed by atoms with Crippen molar-refractivity contribution >= 4 is 5.91 Å². The van der Waals surface area contributed by atoms with Crippen LogP contribution in [0.5, 0.6) is 5.75 Å². The summed E-state index contributed by atoms with van der Waals surface area (Å²) in [6.07, 6.45) is 5.83. The van der Waals surface area contributed by atoms with Gasteiger partial charge in [-0.05, 0) is 37.1 Å². The first-order chi connectivity index (χ1) is 10.3. The largest absolute Gasteiger partial charge is 0.484 e. The molecular weight excluding hydrogens is 270 g/mol. The molecule has 1 heterocycles. The maximum absolute atomic E-state index is 11.8. The van der Waals surface area contributed by atoms with Crippen molar-refractivity contribution < 1.29 is 13.9 Å². The van der Waals surface area contributed by atoms with E-state index in [9.17, 15) is 4.79 Å². The molecule has 1 aliphatic carbocycles. The standard InChI is InChI=1S/C15H17N3O3/c19-14(17-12-3-1-2-4-12)9-20-13-7-5-11(6-8-13)15-18-16-10-21-15/h5-8,10,12H,1-4,9H2,(H,17,19). The maximum Gasteiger partial charge on any atom is 0.258 e. The van der Waals surface area contributed by atoms with E-state index in [0.717, 1.165) is 18.4 Å². The SMILES string of the molecule is O=C(COc1ccc(-c2nnco2)cc1)NC1CCCC1. The highest BCUT2D eigenvalue weighted by molar-refractivity contribution is 5.77. The maximum atomic E-state index is 11.8. The van der Waals surface area contributed by atoms with Crippen molar-refractivity contribution in [3.8, 4) is 17.2 Å². The fourth-order valence-electron chi connectivity index (χ4n) is 2.48. The topological polar surface area (TPSA) is 77.2 Å². The van der Waals surface area contributed by atoms with Crippen LogP contribution in [-0.2, 0) is 4.79 Å². The Morgan fingerprint density at radius 1 is 1.29 bits per heavy atom. The van der Waals surface area contributed by atoms with Crippen molar-refractivity contribution in [1.82, 2.24) is 15.5 Å². The monoisotopic (exact) mass is 287 g/mol. The summed E-state index contributed by atoms with van der Waals surface area (Å²) in [5.74, 6) is 1.03. The zero-order chi connectivity index (χ0) is 14.5. The molecule has 1 amide bonds. The van der Waals surface area contributed by atoms with E-state index in [1.54, 1.807) is 12.1 Å². The fourth-order valence-corrected chi connectivity index (χ4v) is 2.48. The summed E-state index contributed by atoms with van der Waals surface area (Å²) in [4.78, 5) is 11.8. The number of hydrogen-bond acceptors (Lipinski definition) is 5. The third-order valence-electron chi connectivity index (χ3n) is 3.55. The van der Waals surface area contributed by atoms with E-state index < -0.39 is 0 Å². The second-order valence-electron chi connectivity index (χ2n) is 5.11. The van der Waals surface area contributed by atoms with E-state index in [2.05, 4.69) is 15.5 Å². The molecule has 0 radical (unpaired) electrons. The summed E-state index contributed by atoms with van der Waals surface area (Å²) in [5, 5.41) is 10.4. The van der Waals surface area contributed by atoms with Crippen LogP contribution >= 0.6 is 0 Å². The van der Waals surface area contributed by atoms with Gasteiger partial charge in [-0.15, -0.1) is 10.2 Å². The van der Waals surface area contributed by atoms with Gasteiger partial charge in [0, 0.05) is 11.6 Å². The number of aromatic nitrogens is 2. The minimum Gasteiger partial charge on any atom is -0.484 e. The molecule has 0 spiro atoms. The highest BCUT2D eigenvalue weighted by Crippen LogP contribution is 2.20. The number of benzene rings is 1. The van der Waals surface area contributed by atoms with Crippen LogP contribution in [0.3, 0.4) is 0 Å². The van der Waals surface area contributed by atoms with Gasteiger partial charge < -0.3 is 14.5 Å².